The van der Waals surface area contributed by atoms with Gasteiger partial charge >= 0.3 is 0 Å². The molecule has 0 aliphatic carbocycles. The van der Waals surface area contributed by atoms with E-state index >= 15 is 0 Å². The molecule has 2 aromatic rings. The van der Waals surface area contributed by atoms with Crippen LogP contribution in [0.25, 0.3) is 0 Å². The van der Waals surface area contributed by atoms with Gasteiger partial charge in [0.25, 0.3) is 15.9 Å². The Morgan fingerprint density at radius 2 is 1.78 bits per heavy atom. The number of hydrogen-bond acceptors (Lipinski definition) is 5. The van der Waals surface area contributed by atoms with Gasteiger partial charge in [-0.1, -0.05) is 48.9 Å². The Labute approximate surface area is 213 Å². The molecule has 1 heterocycles. The number of carbonyl (C=O) groups excluding carboxylic acids is 3. The van der Waals surface area contributed by atoms with Gasteiger partial charge in [0.05, 0.1) is 5.56 Å². The number of nitrogens with zero attached hydrogens (tertiary/aromatic N) is 2. The Balaban J connectivity index is 1.76. The van der Waals surface area contributed by atoms with Gasteiger partial charge in [-0.2, -0.15) is 0 Å². The van der Waals surface area contributed by atoms with E-state index in [1.165, 1.54) is 12.1 Å². The summed E-state index contributed by atoms with van der Waals surface area (Å²) >= 11 is 0. The van der Waals surface area contributed by atoms with Gasteiger partial charge in [-0.05, 0) is 58.2 Å². The number of fused-ring (bicyclic) bond motifs is 1. The van der Waals surface area contributed by atoms with Crippen LogP contribution in [-0.4, -0.2) is 53.5 Å². The first-order chi connectivity index (χ1) is 16.8. The maximum absolute atomic E-state index is 13.4. The summed E-state index contributed by atoms with van der Waals surface area (Å²) in [5.74, 6) is -1.08. The van der Waals surface area contributed by atoms with Crippen molar-refractivity contribution in [3.63, 3.8) is 0 Å². The molecule has 1 atom stereocenters. The van der Waals surface area contributed by atoms with Crippen molar-refractivity contribution in [1.82, 2.24) is 14.5 Å². The van der Waals surface area contributed by atoms with E-state index in [4.69, 9.17) is 0 Å². The smallest absolute Gasteiger partial charge is 0.269 e. The predicted molar refractivity (Wildman–Crippen MR) is 138 cm³/mol. The topological polar surface area (TPSA) is 104 Å². The third-order valence-electron chi connectivity index (χ3n) is 5.98. The van der Waals surface area contributed by atoms with E-state index in [0.29, 0.717) is 6.42 Å². The second kappa shape index (κ2) is 10.8. The number of nitrogens with one attached hydrogen (secondary N) is 1. The summed E-state index contributed by atoms with van der Waals surface area (Å²) in [6.07, 6.45) is 0.577. The highest BCUT2D eigenvalue weighted by Gasteiger charge is 2.40. The highest BCUT2D eigenvalue weighted by atomic mass is 32.2. The molecule has 0 saturated carbocycles. The van der Waals surface area contributed by atoms with E-state index in [1.807, 2.05) is 58.9 Å². The van der Waals surface area contributed by atoms with Crippen LogP contribution in [0.15, 0.2) is 53.4 Å². The van der Waals surface area contributed by atoms with Crippen molar-refractivity contribution in [3.05, 3.63) is 65.2 Å². The second-order valence-corrected chi connectivity index (χ2v) is 12.0. The Bertz CT molecular complexity index is 1250. The largest absolute Gasteiger partial charge is 0.350 e. The minimum atomic E-state index is -3.93. The molecule has 194 valence electrons. The van der Waals surface area contributed by atoms with Crippen molar-refractivity contribution in [2.24, 2.45) is 0 Å². The van der Waals surface area contributed by atoms with Crippen LogP contribution in [0.4, 0.5) is 0 Å². The molecule has 0 spiro atoms. The van der Waals surface area contributed by atoms with Gasteiger partial charge in [-0.25, -0.2) is 12.7 Å². The zero-order valence-corrected chi connectivity index (χ0v) is 22.4. The number of sulfonamides is 1. The van der Waals surface area contributed by atoms with Crippen molar-refractivity contribution in [1.29, 1.82) is 0 Å². The molecule has 1 aliphatic rings. The van der Waals surface area contributed by atoms with Crippen molar-refractivity contribution < 1.29 is 22.8 Å². The average molecular weight is 514 g/mol. The summed E-state index contributed by atoms with van der Waals surface area (Å²) < 4.78 is 26.5. The molecule has 2 aromatic carbocycles. The van der Waals surface area contributed by atoms with Gasteiger partial charge < -0.3 is 10.2 Å². The molecule has 9 heteroatoms. The van der Waals surface area contributed by atoms with E-state index in [9.17, 15) is 22.8 Å². The van der Waals surface area contributed by atoms with Crippen LogP contribution in [0.3, 0.4) is 0 Å². The van der Waals surface area contributed by atoms with E-state index in [1.54, 1.807) is 17.0 Å². The molecular formula is C27H35N3O5S. The lowest BCUT2D eigenvalue weighted by atomic mass is 10.0. The van der Waals surface area contributed by atoms with Crippen molar-refractivity contribution in [2.45, 2.75) is 76.9 Å². The number of aryl methyl sites for hydroxylation is 1. The van der Waals surface area contributed by atoms with Crippen LogP contribution in [0.5, 0.6) is 0 Å². The predicted octanol–water partition coefficient (Wildman–Crippen LogP) is 3.64. The summed E-state index contributed by atoms with van der Waals surface area (Å²) in [6.45, 7) is 9.62. The molecule has 36 heavy (non-hydrogen) atoms. The number of carbonyl (C=O) groups is 3. The molecule has 1 N–H and O–H groups in total. The highest BCUT2D eigenvalue weighted by Crippen LogP contribution is 2.30. The molecule has 0 unspecified atom stereocenters. The number of rotatable bonds is 9. The summed E-state index contributed by atoms with van der Waals surface area (Å²) in [7, 11) is -3.93. The van der Waals surface area contributed by atoms with E-state index < -0.39 is 27.5 Å². The fraction of sp³-hybridized carbons (Fsp3) is 0.444. The number of benzene rings is 2. The molecule has 0 radical (unpaired) electrons. The maximum Gasteiger partial charge on any atom is 0.269 e. The first kappa shape index (κ1) is 27.4. The molecule has 0 bridgehead atoms. The lowest BCUT2D eigenvalue weighted by molar-refractivity contribution is -0.142. The fourth-order valence-corrected chi connectivity index (χ4v) is 5.96. The van der Waals surface area contributed by atoms with Gasteiger partial charge in [0.1, 0.15) is 10.9 Å². The van der Waals surface area contributed by atoms with Gasteiger partial charge in [0.2, 0.25) is 11.8 Å². The Kier molecular flexibility index (Phi) is 8.23. The minimum Gasteiger partial charge on any atom is -0.350 e. The van der Waals surface area contributed by atoms with Crippen LogP contribution >= 0.6 is 0 Å². The molecule has 8 nitrogen and oxygen atoms in total. The van der Waals surface area contributed by atoms with Crippen LogP contribution in [0, 0.1) is 6.92 Å². The second-order valence-electron chi connectivity index (χ2n) is 10.2. The standard InChI is InChI=1S/C27H35N3O5S/c1-6-22(25(32)28-27(3,4)5)29(18-20-12-9-11-19(2)17-20)24(31)15-10-16-30-26(33)21-13-7-8-14-23(21)36(30,34)35/h7-9,11-14,17,22H,6,10,15-16,18H2,1-5H3,(H,28,32)/t22-/m0/s1. The third kappa shape index (κ3) is 6.13. The molecular weight excluding hydrogens is 478 g/mol. The molecule has 1 aliphatic heterocycles. The third-order valence-corrected chi connectivity index (χ3v) is 7.82. The normalized spacial score (nSPS) is 15.4. The van der Waals surface area contributed by atoms with Gasteiger partial charge in [0.15, 0.2) is 0 Å². The Morgan fingerprint density at radius 1 is 1.08 bits per heavy atom. The molecule has 0 saturated heterocycles. The summed E-state index contributed by atoms with van der Waals surface area (Å²) in [6, 6.07) is 13.2. The van der Waals surface area contributed by atoms with E-state index in [0.717, 1.165) is 15.4 Å². The van der Waals surface area contributed by atoms with Crippen molar-refractivity contribution >= 4 is 27.7 Å². The van der Waals surface area contributed by atoms with Crippen molar-refractivity contribution in [3.8, 4) is 0 Å². The van der Waals surface area contributed by atoms with Gasteiger partial charge in [-0.15, -0.1) is 0 Å². The first-order valence-corrected chi connectivity index (χ1v) is 13.6. The molecule has 3 rings (SSSR count). The zero-order valence-electron chi connectivity index (χ0n) is 21.6. The Hall–Kier alpha value is -3.20. The lowest BCUT2D eigenvalue weighted by Crippen LogP contribution is -2.53. The molecule has 0 fully saturated rings. The maximum atomic E-state index is 13.4. The highest BCUT2D eigenvalue weighted by molar-refractivity contribution is 7.90. The Morgan fingerprint density at radius 3 is 2.39 bits per heavy atom. The molecule has 3 amide bonds. The number of amides is 3. The lowest BCUT2D eigenvalue weighted by Gasteiger charge is -2.33. The fourth-order valence-electron chi connectivity index (χ4n) is 4.35. The monoisotopic (exact) mass is 513 g/mol. The quantitative estimate of drug-likeness (QED) is 0.551. The summed E-state index contributed by atoms with van der Waals surface area (Å²) in [5, 5.41) is 2.97. The number of hydrogen-bond donors (Lipinski definition) is 1. The van der Waals surface area contributed by atoms with Crippen LogP contribution in [0.1, 0.15) is 68.4 Å². The van der Waals surface area contributed by atoms with E-state index in [2.05, 4.69) is 5.32 Å². The summed E-state index contributed by atoms with van der Waals surface area (Å²) in [4.78, 5) is 40.7. The van der Waals surface area contributed by atoms with Gasteiger partial charge in [-0.3, -0.25) is 14.4 Å². The zero-order chi connectivity index (χ0) is 26.7. The van der Waals surface area contributed by atoms with E-state index in [-0.39, 0.29) is 48.2 Å². The van der Waals surface area contributed by atoms with Gasteiger partial charge in [0, 0.05) is 25.0 Å². The average Bonchev–Trinajstić information content (AvgIpc) is 2.98. The van der Waals surface area contributed by atoms with Crippen LogP contribution < -0.4 is 5.32 Å². The first-order valence-electron chi connectivity index (χ1n) is 12.2. The van der Waals surface area contributed by atoms with Crippen molar-refractivity contribution in [2.75, 3.05) is 6.54 Å². The minimum absolute atomic E-state index is 0.000753. The van der Waals surface area contributed by atoms with Crippen LogP contribution in [-0.2, 0) is 26.2 Å². The van der Waals surface area contributed by atoms with Crippen LogP contribution in [0.2, 0.25) is 0 Å². The summed E-state index contributed by atoms with van der Waals surface area (Å²) in [5.41, 5.74) is 1.64. The molecule has 0 aromatic heterocycles. The SMILES string of the molecule is CC[C@@H](C(=O)NC(C)(C)C)N(Cc1cccc(C)c1)C(=O)CCCN1C(=O)c2ccccc2S1(=O)=O.